The van der Waals surface area contributed by atoms with Crippen molar-refractivity contribution in [2.24, 2.45) is 0 Å². The molecule has 3 heteroatoms. The van der Waals surface area contributed by atoms with Crippen LogP contribution in [0.3, 0.4) is 0 Å². The van der Waals surface area contributed by atoms with Crippen LogP contribution in [0.2, 0.25) is 0 Å². The highest BCUT2D eigenvalue weighted by molar-refractivity contribution is 6.34. The van der Waals surface area contributed by atoms with Crippen LogP contribution in [0.25, 0.3) is 5.57 Å². The molecule has 0 aromatic heterocycles. The van der Waals surface area contributed by atoms with Crippen molar-refractivity contribution < 1.29 is 14.7 Å². The summed E-state index contributed by atoms with van der Waals surface area (Å²) in [6.07, 6.45) is 6.06. The van der Waals surface area contributed by atoms with E-state index in [1.54, 1.807) is 18.2 Å². The Morgan fingerprint density at radius 3 is 2.72 bits per heavy atom. The van der Waals surface area contributed by atoms with Crippen LogP contribution in [0.1, 0.15) is 11.1 Å². The number of ketones is 2. The van der Waals surface area contributed by atoms with E-state index in [0.29, 0.717) is 12.0 Å². The predicted molar refractivity (Wildman–Crippen MR) is 69.1 cm³/mol. The minimum Gasteiger partial charge on any atom is -0.507 e. The number of benzene rings is 1. The SMILES string of the molecule is C=CCc1ccc(O)c(C2=CC(=O)C=CC2=O)c1. The molecule has 1 aliphatic rings. The van der Waals surface area contributed by atoms with Crippen molar-refractivity contribution in [1.29, 1.82) is 0 Å². The van der Waals surface area contributed by atoms with Crippen LogP contribution >= 0.6 is 0 Å². The fraction of sp³-hybridized carbons (Fsp3) is 0.0667. The van der Waals surface area contributed by atoms with Crippen LogP contribution < -0.4 is 0 Å². The first-order valence-corrected chi connectivity index (χ1v) is 5.53. The zero-order valence-electron chi connectivity index (χ0n) is 9.72. The lowest BCUT2D eigenvalue weighted by atomic mass is 9.94. The highest BCUT2D eigenvalue weighted by Gasteiger charge is 2.18. The van der Waals surface area contributed by atoms with Gasteiger partial charge in [0.2, 0.25) is 0 Å². The van der Waals surface area contributed by atoms with E-state index in [9.17, 15) is 14.7 Å². The van der Waals surface area contributed by atoms with E-state index in [4.69, 9.17) is 0 Å². The van der Waals surface area contributed by atoms with Gasteiger partial charge in [-0.15, -0.1) is 6.58 Å². The second-order valence-corrected chi connectivity index (χ2v) is 4.00. The van der Waals surface area contributed by atoms with Gasteiger partial charge in [0.15, 0.2) is 11.6 Å². The molecule has 0 radical (unpaired) electrons. The number of allylic oxidation sites excluding steroid dienone is 5. The lowest BCUT2D eigenvalue weighted by Crippen LogP contribution is -2.07. The quantitative estimate of drug-likeness (QED) is 0.651. The van der Waals surface area contributed by atoms with E-state index in [0.717, 1.165) is 5.56 Å². The van der Waals surface area contributed by atoms with Gasteiger partial charge in [-0.25, -0.2) is 0 Å². The molecule has 0 bridgehead atoms. The third-order valence-corrected chi connectivity index (χ3v) is 2.68. The number of hydrogen-bond acceptors (Lipinski definition) is 3. The molecule has 0 amide bonds. The molecule has 1 N–H and O–H groups in total. The Labute approximate surface area is 105 Å². The Bertz CT molecular complexity index is 592. The molecule has 0 atom stereocenters. The third kappa shape index (κ3) is 2.30. The van der Waals surface area contributed by atoms with Crippen molar-refractivity contribution >= 4 is 17.1 Å². The Morgan fingerprint density at radius 2 is 2.00 bits per heavy atom. The van der Waals surface area contributed by atoms with E-state index >= 15 is 0 Å². The zero-order valence-corrected chi connectivity index (χ0v) is 9.72. The summed E-state index contributed by atoms with van der Waals surface area (Å²) in [6.45, 7) is 3.64. The third-order valence-electron chi connectivity index (χ3n) is 2.68. The summed E-state index contributed by atoms with van der Waals surface area (Å²) in [5.74, 6) is -0.538. The van der Waals surface area contributed by atoms with Crippen molar-refractivity contribution in [2.45, 2.75) is 6.42 Å². The molecule has 2 rings (SSSR count). The van der Waals surface area contributed by atoms with Crippen LogP contribution in [-0.2, 0) is 16.0 Å². The molecule has 0 heterocycles. The van der Waals surface area contributed by atoms with Gasteiger partial charge in [0.25, 0.3) is 0 Å². The van der Waals surface area contributed by atoms with Crippen molar-refractivity contribution in [3.8, 4) is 5.75 Å². The van der Waals surface area contributed by atoms with Crippen LogP contribution in [0.15, 0.2) is 49.1 Å². The van der Waals surface area contributed by atoms with Gasteiger partial charge in [-0.1, -0.05) is 12.1 Å². The van der Waals surface area contributed by atoms with Crippen molar-refractivity contribution in [1.82, 2.24) is 0 Å². The normalized spacial score (nSPS) is 14.6. The number of carbonyl (C=O) groups is 2. The summed E-state index contributed by atoms with van der Waals surface area (Å²) in [5.41, 5.74) is 1.54. The monoisotopic (exact) mass is 240 g/mol. The Morgan fingerprint density at radius 1 is 1.22 bits per heavy atom. The van der Waals surface area contributed by atoms with Gasteiger partial charge in [0, 0.05) is 11.1 Å². The van der Waals surface area contributed by atoms with Crippen molar-refractivity contribution in [3.05, 3.63) is 60.2 Å². The van der Waals surface area contributed by atoms with Crippen LogP contribution in [0.5, 0.6) is 5.75 Å². The Balaban J connectivity index is 2.49. The molecule has 18 heavy (non-hydrogen) atoms. The zero-order chi connectivity index (χ0) is 13.1. The van der Waals surface area contributed by atoms with Crippen LogP contribution in [0, 0.1) is 0 Å². The van der Waals surface area contributed by atoms with Gasteiger partial charge in [-0.05, 0) is 42.3 Å². The molecule has 3 nitrogen and oxygen atoms in total. The average molecular weight is 240 g/mol. The standard InChI is InChI=1S/C15H12O3/c1-2-3-10-4-6-14(17)12(8-10)13-9-11(16)5-7-15(13)18/h2,4-9,17H,1,3H2. The summed E-state index contributed by atoms with van der Waals surface area (Å²) in [6, 6.07) is 4.98. The molecule has 0 saturated carbocycles. The summed E-state index contributed by atoms with van der Waals surface area (Å²) in [7, 11) is 0. The van der Waals surface area contributed by atoms with Crippen molar-refractivity contribution in [3.63, 3.8) is 0 Å². The highest BCUT2D eigenvalue weighted by atomic mass is 16.3. The lowest BCUT2D eigenvalue weighted by Gasteiger charge is -2.10. The van der Waals surface area contributed by atoms with E-state index in [1.807, 2.05) is 0 Å². The minimum absolute atomic E-state index is 0.00878. The van der Waals surface area contributed by atoms with Gasteiger partial charge in [-0.3, -0.25) is 9.59 Å². The van der Waals surface area contributed by atoms with E-state index in [-0.39, 0.29) is 22.9 Å². The minimum atomic E-state index is -0.277. The highest BCUT2D eigenvalue weighted by Crippen LogP contribution is 2.28. The number of phenolic OH excluding ortho intramolecular Hbond substituents is 1. The number of carbonyl (C=O) groups excluding carboxylic acids is 2. The Kier molecular flexibility index (Phi) is 3.24. The van der Waals surface area contributed by atoms with Gasteiger partial charge in [0.1, 0.15) is 5.75 Å². The van der Waals surface area contributed by atoms with Gasteiger partial charge < -0.3 is 5.11 Å². The summed E-state index contributed by atoms with van der Waals surface area (Å²) < 4.78 is 0. The van der Waals surface area contributed by atoms with Gasteiger partial charge in [0.05, 0.1) is 0 Å². The largest absolute Gasteiger partial charge is 0.507 e. The topological polar surface area (TPSA) is 54.4 Å². The number of rotatable bonds is 3. The predicted octanol–water partition coefficient (Wildman–Crippen LogP) is 2.21. The fourth-order valence-electron chi connectivity index (χ4n) is 1.81. The molecule has 0 spiro atoms. The van der Waals surface area contributed by atoms with Gasteiger partial charge in [-0.2, -0.15) is 0 Å². The molecule has 0 aliphatic heterocycles. The van der Waals surface area contributed by atoms with Crippen LogP contribution in [0.4, 0.5) is 0 Å². The van der Waals surface area contributed by atoms with E-state index in [2.05, 4.69) is 6.58 Å². The maximum Gasteiger partial charge on any atom is 0.186 e. The second kappa shape index (κ2) is 4.84. The lowest BCUT2D eigenvalue weighted by molar-refractivity contribution is -0.113. The molecule has 1 aromatic rings. The molecule has 90 valence electrons. The second-order valence-electron chi connectivity index (χ2n) is 4.00. The first-order chi connectivity index (χ1) is 8.61. The first-order valence-electron chi connectivity index (χ1n) is 5.53. The van der Waals surface area contributed by atoms with Crippen molar-refractivity contribution in [2.75, 3.05) is 0 Å². The van der Waals surface area contributed by atoms with E-state index in [1.165, 1.54) is 24.3 Å². The molecule has 1 aromatic carbocycles. The molecule has 0 fully saturated rings. The van der Waals surface area contributed by atoms with E-state index < -0.39 is 0 Å². The molecule has 0 unspecified atom stereocenters. The molecular weight excluding hydrogens is 228 g/mol. The maximum absolute atomic E-state index is 11.7. The average Bonchev–Trinajstić information content (AvgIpc) is 2.35. The summed E-state index contributed by atoms with van der Waals surface area (Å²) >= 11 is 0. The van der Waals surface area contributed by atoms with Gasteiger partial charge >= 0.3 is 0 Å². The summed E-state index contributed by atoms with van der Waals surface area (Å²) in [5, 5.41) is 9.81. The molecular formula is C15H12O3. The fourth-order valence-corrected chi connectivity index (χ4v) is 1.81. The number of hydrogen-bond donors (Lipinski definition) is 1. The first kappa shape index (κ1) is 12.0. The number of phenols is 1. The molecule has 1 aliphatic carbocycles. The maximum atomic E-state index is 11.7. The Hall–Kier alpha value is -2.42. The van der Waals surface area contributed by atoms with Crippen LogP contribution in [-0.4, -0.2) is 16.7 Å². The smallest absolute Gasteiger partial charge is 0.186 e. The summed E-state index contributed by atoms with van der Waals surface area (Å²) in [4.78, 5) is 23.0. The molecule has 0 saturated heterocycles. The number of aromatic hydroxyl groups is 1.